The molecule has 0 heterocycles. The summed E-state index contributed by atoms with van der Waals surface area (Å²) in [6, 6.07) is 7.61. The van der Waals surface area contributed by atoms with Crippen LogP contribution in [0.1, 0.15) is 31.7 Å². The monoisotopic (exact) mass is 342 g/mol. The largest absolute Gasteiger partial charge is 0.493 e. The summed E-state index contributed by atoms with van der Waals surface area (Å²) in [5.41, 5.74) is 11.5. The number of sulfonamides is 1. The van der Waals surface area contributed by atoms with Crippen molar-refractivity contribution in [2.24, 2.45) is 21.6 Å². The van der Waals surface area contributed by atoms with Gasteiger partial charge in [-0.3, -0.25) is 4.99 Å². The summed E-state index contributed by atoms with van der Waals surface area (Å²) in [6.07, 6.45) is 2.73. The van der Waals surface area contributed by atoms with Crippen LogP contribution in [-0.4, -0.2) is 32.8 Å². The minimum Gasteiger partial charge on any atom is -0.493 e. The van der Waals surface area contributed by atoms with Crippen LogP contribution in [0.25, 0.3) is 0 Å². The molecule has 0 aliphatic heterocycles. The predicted molar refractivity (Wildman–Crippen MR) is 92.7 cm³/mol. The van der Waals surface area contributed by atoms with Gasteiger partial charge in [0.2, 0.25) is 10.0 Å². The number of primary sulfonamides is 1. The molecule has 1 unspecified atom stereocenters. The molecule has 0 saturated carbocycles. The van der Waals surface area contributed by atoms with E-state index in [1.807, 2.05) is 24.3 Å². The number of ether oxygens (including phenoxy) is 1. The fraction of sp³-hybridized carbons (Fsp3) is 0.533. The van der Waals surface area contributed by atoms with E-state index < -0.39 is 15.3 Å². The highest BCUT2D eigenvalue weighted by atomic mass is 32.2. The van der Waals surface area contributed by atoms with Gasteiger partial charge in [-0.2, -0.15) is 0 Å². The van der Waals surface area contributed by atoms with Crippen LogP contribution >= 0.6 is 0 Å². The Morgan fingerprint density at radius 2 is 1.96 bits per heavy atom. The molecule has 1 aromatic rings. The second kappa shape index (κ2) is 9.36. The van der Waals surface area contributed by atoms with Crippen LogP contribution in [0, 0.1) is 0 Å². The number of unbranched alkanes of at least 4 members (excludes halogenated alkanes) is 1. The zero-order chi connectivity index (χ0) is 17.3. The number of aliphatic imine (C=N–C) groups is 1. The molecule has 7 nitrogen and oxygen atoms in total. The van der Waals surface area contributed by atoms with E-state index in [1.165, 1.54) is 0 Å². The Labute approximate surface area is 138 Å². The van der Waals surface area contributed by atoms with Gasteiger partial charge in [-0.15, -0.1) is 0 Å². The van der Waals surface area contributed by atoms with Crippen LogP contribution < -0.4 is 21.3 Å². The molecule has 0 amide bonds. The second-order valence-electron chi connectivity index (χ2n) is 5.41. The van der Waals surface area contributed by atoms with Crippen LogP contribution in [0.3, 0.4) is 0 Å². The second-order valence-corrected chi connectivity index (χ2v) is 7.39. The van der Waals surface area contributed by atoms with Crippen LogP contribution in [0.5, 0.6) is 5.75 Å². The molecule has 1 aromatic carbocycles. The molecule has 0 spiro atoms. The van der Waals surface area contributed by atoms with Crippen molar-refractivity contribution in [2.45, 2.75) is 37.9 Å². The number of guanidine groups is 1. The Morgan fingerprint density at radius 3 is 2.61 bits per heavy atom. The van der Waals surface area contributed by atoms with E-state index in [-0.39, 0.29) is 5.96 Å². The van der Waals surface area contributed by atoms with Crippen molar-refractivity contribution in [3.8, 4) is 5.75 Å². The molecule has 23 heavy (non-hydrogen) atoms. The number of hydrogen-bond donors (Lipinski definition) is 3. The molecule has 0 aliphatic carbocycles. The van der Waals surface area contributed by atoms with Gasteiger partial charge < -0.3 is 16.2 Å². The van der Waals surface area contributed by atoms with E-state index in [9.17, 15) is 8.42 Å². The van der Waals surface area contributed by atoms with Crippen molar-refractivity contribution in [1.29, 1.82) is 0 Å². The van der Waals surface area contributed by atoms with E-state index in [1.54, 1.807) is 6.92 Å². The van der Waals surface area contributed by atoms with Crippen molar-refractivity contribution in [3.05, 3.63) is 29.8 Å². The molecule has 130 valence electrons. The first-order valence-electron chi connectivity index (χ1n) is 7.58. The summed E-state index contributed by atoms with van der Waals surface area (Å²) in [5.74, 6) is 0.871. The molecule has 0 fully saturated rings. The maximum Gasteiger partial charge on any atom is 0.211 e. The topological polar surface area (TPSA) is 134 Å². The summed E-state index contributed by atoms with van der Waals surface area (Å²) in [4.78, 5) is 3.91. The third kappa shape index (κ3) is 7.85. The minimum atomic E-state index is -3.49. The number of para-hydroxylation sites is 1. The van der Waals surface area contributed by atoms with Gasteiger partial charge in [0.15, 0.2) is 5.96 Å². The highest BCUT2D eigenvalue weighted by Gasteiger charge is 2.16. The molecule has 0 radical (unpaired) electrons. The third-order valence-electron chi connectivity index (χ3n) is 3.46. The highest BCUT2D eigenvalue weighted by Crippen LogP contribution is 2.21. The Kier molecular flexibility index (Phi) is 7.84. The zero-order valence-electron chi connectivity index (χ0n) is 13.4. The van der Waals surface area contributed by atoms with E-state index in [4.69, 9.17) is 21.3 Å². The van der Waals surface area contributed by atoms with Crippen molar-refractivity contribution in [1.82, 2.24) is 0 Å². The van der Waals surface area contributed by atoms with Crippen LogP contribution in [0.2, 0.25) is 0 Å². The molecule has 0 bridgehead atoms. The fourth-order valence-corrected chi connectivity index (χ4v) is 2.42. The fourth-order valence-electron chi connectivity index (χ4n) is 1.98. The van der Waals surface area contributed by atoms with Crippen LogP contribution in [0.15, 0.2) is 29.3 Å². The van der Waals surface area contributed by atoms with Crippen molar-refractivity contribution < 1.29 is 13.2 Å². The van der Waals surface area contributed by atoms with E-state index in [0.29, 0.717) is 26.0 Å². The summed E-state index contributed by atoms with van der Waals surface area (Å²) < 4.78 is 28.3. The normalized spacial score (nSPS) is 12.6. The molecule has 0 aromatic heterocycles. The third-order valence-corrected chi connectivity index (χ3v) is 4.82. The zero-order valence-corrected chi connectivity index (χ0v) is 14.3. The smallest absolute Gasteiger partial charge is 0.211 e. The lowest BCUT2D eigenvalue weighted by molar-refractivity contribution is 0.304. The van der Waals surface area contributed by atoms with Gasteiger partial charge in [-0.05, 0) is 44.2 Å². The lowest BCUT2D eigenvalue weighted by Gasteiger charge is -2.13. The first-order chi connectivity index (χ1) is 10.8. The molecule has 1 atom stereocenters. The summed E-state index contributed by atoms with van der Waals surface area (Å²) in [6.45, 7) is 2.75. The molecule has 6 N–H and O–H groups in total. The number of nitrogens with two attached hydrogens (primary N) is 3. The van der Waals surface area contributed by atoms with E-state index in [0.717, 1.165) is 24.2 Å². The maximum atomic E-state index is 11.3. The Bertz CT molecular complexity index is 613. The van der Waals surface area contributed by atoms with Crippen LogP contribution in [-0.2, 0) is 16.4 Å². The van der Waals surface area contributed by atoms with Gasteiger partial charge >= 0.3 is 0 Å². The van der Waals surface area contributed by atoms with Crippen molar-refractivity contribution in [3.63, 3.8) is 0 Å². The number of hydrogen-bond acceptors (Lipinski definition) is 4. The van der Waals surface area contributed by atoms with Crippen LogP contribution in [0.4, 0.5) is 0 Å². The Morgan fingerprint density at radius 1 is 1.26 bits per heavy atom. The van der Waals surface area contributed by atoms with Gasteiger partial charge in [0.1, 0.15) is 5.75 Å². The number of benzene rings is 1. The van der Waals surface area contributed by atoms with Crippen molar-refractivity contribution in [2.75, 3.05) is 13.2 Å². The predicted octanol–water partition coefficient (Wildman–Crippen LogP) is 0.729. The minimum absolute atomic E-state index is 0.0974. The first-order valence-corrected chi connectivity index (χ1v) is 9.19. The molecular formula is C15H26N4O3S. The average Bonchev–Trinajstić information content (AvgIpc) is 2.48. The van der Waals surface area contributed by atoms with Gasteiger partial charge in [0, 0.05) is 6.54 Å². The lowest BCUT2D eigenvalue weighted by atomic mass is 10.1. The van der Waals surface area contributed by atoms with Gasteiger partial charge in [0.25, 0.3) is 0 Å². The van der Waals surface area contributed by atoms with Gasteiger partial charge in [0.05, 0.1) is 11.9 Å². The maximum absolute atomic E-state index is 11.3. The van der Waals surface area contributed by atoms with Crippen molar-refractivity contribution >= 4 is 16.0 Å². The summed E-state index contributed by atoms with van der Waals surface area (Å²) in [7, 11) is -3.49. The van der Waals surface area contributed by atoms with Gasteiger partial charge in [-0.25, -0.2) is 13.6 Å². The lowest BCUT2D eigenvalue weighted by Crippen LogP contribution is -2.26. The van der Waals surface area contributed by atoms with Gasteiger partial charge in [-0.1, -0.05) is 18.2 Å². The molecule has 8 heteroatoms. The molecule has 0 saturated heterocycles. The standard InChI is InChI=1S/C15H26N4O3S/c1-12(23(18,20)21)8-9-13-6-2-3-7-14(13)22-11-5-4-10-19-15(16)17/h2-3,6-7,12H,4-5,8-11H2,1H3,(H4,16,17,19)(H2,18,20,21). The first kappa shape index (κ1) is 19.2. The average molecular weight is 342 g/mol. The Balaban J connectivity index is 2.46. The molecule has 0 aliphatic rings. The number of aryl methyl sites for hydroxylation is 1. The summed E-state index contributed by atoms with van der Waals surface area (Å²) >= 11 is 0. The van der Waals surface area contributed by atoms with E-state index in [2.05, 4.69) is 4.99 Å². The number of nitrogens with zero attached hydrogens (tertiary/aromatic N) is 1. The quantitative estimate of drug-likeness (QED) is 0.327. The highest BCUT2D eigenvalue weighted by molar-refractivity contribution is 7.89. The summed E-state index contributed by atoms with van der Waals surface area (Å²) in [5, 5.41) is 4.57. The van der Waals surface area contributed by atoms with E-state index >= 15 is 0 Å². The SMILES string of the molecule is CC(CCc1ccccc1OCCCCN=C(N)N)S(N)(=O)=O. The molecular weight excluding hydrogens is 316 g/mol. The molecule has 1 rings (SSSR count). The Hall–Kier alpha value is -1.80. The number of rotatable bonds is 10.